The summed E-state index contributed by atoms with van der Waals surface area (Å²) < 4.78 is 2.62. The maximum atomic E-state index is 2.46. The molecule has 0 saturated heterocycles. The van der Waals surface area contributed by atoms with Crippen molar-refractivity contribution in [2.24, 2.45) is 0 Å². The van der Waals surface area contributed by atoms with E-state index in [-0.39, 0.29) is 0 Å². The highest BCUT2D eigenvalue weighted by atomic mass is 32.1. The summed E-state index contributed by atoms with van der Waals surface area (Å²) in [7, 11) is 0. The molecule has 0 aliphatic rings. The van der Waals surface area contributed by atoms with E-state index in [4.69, 9.17) is 0 Å². The third kappa shape index (κ3) is 6.82. The maximum absolute atomic E-state index is 2.46. The summed E-state index contributed by atoms with van der Waals surface area (Å²) in [4.78, 5) is 2.46. The van der Waals surface area contributed by atoms with Crippen molar-refractivity contribution in [2.75, 3.05) is 4.90 Å². The molecule has 12 aromatic rings. The van der Waals surface area contributed by atoms with Crippen molar-refractivity contribution in [1.82, 2.24) is 0 Å². The minimum Gasteiger partial charge on any atom is -0.310 e. The predicted molar refractivity (Wildman–Crippen MR) is 276 cm³/mol. The average Bonchev–Trinajstić information content (AvgIpc) is 3.76. The number of rotatable bonds is 8. The van der Waals surface area contributed by atoms with E-state index in [0.29, 0.717) is 0 Å². The minimum absolute atomic E-state index is 1.08. The summed E-state index contributed by atoms with van der Waals surface area (Å²) in [6.45, 7) is 0. The van der Waals surface area contributed by atoms with Gasteiger partial charge in [-0.3, -0.25) is 0 Å². The molecule has 0 atom stereocenters. The van der Waals surface area contributed by atoms with Gasteiger partial charge < -0.3 is 4.90 Å². The molecule has 2 heteroatoms. The summed E-state index contributed by atoms with van der Waals surface area (Å²) in [5.74, 6) is 0. The Balaban J connectivity index is 1.03. The molecule has 0 bridgehead atoms. The molecule has 11 aromatic carbocycles. The van der Waals surface area contributed by atoms with Gasteiger partial charge in [-0.1, -0.05) is 200 Å². The third-order valence-electron chi connectivity index (χ3n) is 12.6. The number of anilines is 3. The van der Waals surface area contributed by atoms with Crippen LogP contribution in [-0.2, 0) is 0 Å². The smallest absolute Gasteiger partial charge is 0.0546 e. The molecule has 64 heavy (non-hydrogen) atoms. The minimum atomic E-state index is 1.08. The van der Waals surface area contributed by atoms with E-state index in [9.17, 15) is 0 Å². The molecule has 300 valence electrons. The number of fused-ring (bicyclic) bond motifs is 5. The highest BCUT2D eigenvalue weighted by Crippen LogP contribution is 2.46. The van der Waals surface area contributed by atoms with Crippen molar-refractivity contribution >= 4 is 70.1 Å². The second kappa shape index (κ2) is 16.0. The van der Waals surface area contributed by atoms with Gasteiger partial charge in [-0.05, 0) is 120 Å². The fourth-order valence-corrected chi connectivity index (χ4v) is 10.7. The van der Waals surface area contributed by atoms with Crippen LogP contribution in [0, 0.1) is 0 Å². The fourth-order valence-electron chi connectivity index (χ4n) is 9.49. The van der Waals surface area contributed by atoms with Crippen molar-refractivity contribution in [1.29, 1.82) is 0 Å². The van der Waals surface area contributed by atoms with E-state index in [0.717, 1.165) is 22.6 Å². The van der Waals surface area contributed by atoms with Crippen LogP contribution in [0.4, 0.5) is 17.1 Å². The maximum Gasteiger partial charge on any atom is 0.0546 e. The number of hydrogen-bond acceptors (Lipinski definition) is 2. The van der Waals surface area contributed by atoms with E-state index in [1.807, 2.05) is 11.3 Å². The van der Waals surface area contributed by atoms with Crippen LogP contribution in [0.25, 0.3) is 97.4 Å². The first-order valence-corrected chi connectivity index (χ1v) is 22.7. The van der Waals surface area contributed by atoms with Crippen LogP contribution >= 0.6 is 11.3 Å². The average molecular weight is 832 g/mol. The van der Waals surface area contributed by atoms with Gasteiger partial charge in [0, 0.05) is 37.1 Å². The summed E-state index contributed by atoms with van der Waals surface area (Å²) in [6.07, 6.45) is 0. The van der Waals surface area contributed by atoms with Crippen LogP contribution < -0.4 is 4.90 Å². The molecule has 0 saturated carbocycles. The predicted octanol–water partition coefficient (Wildman–Crippen LogP) is 18.2. The van der Waals surface area contributed by atoms with Crippen molar-refractivity contribution < 1.29 is 0 Å². The first-order valence-electron chi connectivity index (χ1n) is 21.9. The zero-order valence-electron chi connectivity index (χ0n) is 35.0. The van der Waals surface area contributed by atoms with Gasteiger partial charge in [0.1, 0.15) is 0 Å². The Hall–Kier alpha value is -8.04. The second-order valence-corrected chi connectivity index (χ2v) is 17.5. The van der Waals surface area contributed by atoms with Gasteiger partial charge in [0.05, 0.1) is 5.69 Å². The Kier molecular flexibility index (Phi) is 9.43. The highest BCUT2D eigenvalue weighted by molar-refractivity contribution is 7.26. The quantitative estimate of drug-likeness (QED) is 0.147. The van der Waals surface area contributed by atoms with Crippen LogP contribution in [-0.4, -0.2) is 0 Å². The van der Waals surface area contributed by atoms with Gasteiger partial charge in [0.25, 0.3) is 0 Å². The summed E-state index contributed by atoms with van der Waals surface area (Å²) >= 11 is 1.88. The van der Waals surface area contributed by atoms with E-state index in [1.54, 1.807) is 0 Å². The first kappa shape index (κ1) is 37.7. The molecule has 0 amide bonds. The normalized spacial score (nSPS) is 11.4. The Morgan fingerprint density at radius 2 is 0.844 bits per heavy atom. The monoisotopic (exact) mass is 831 g/mol. The Morgan fingerprint density at radius 1 is 0.266 bits per heavy atom. The molecular formula is C62H41NS. The molecule has 1 nitrogen and oxygen atoms in total. The number of thiophene rings is 1. The van der Waals surface area contributed by atoms with Crippen LogP contribution in [0.1, 0.15) is 0 Å². The van der Waals surface area contributed by atoms with Crippen molar-refractivity contribution in [3.05, 3.63) is 249 Å². The zero-order chi connectivity index (χ0) is 42.4. The van der Waals surface area contributed by atoms with E-state index in [2.05, 4.69) is 254 Å². The Labute approximate surface area is 377 Å². The lowest BCUT2D eigenvalue weighted by atomic mass is 9.94. The van der Waals surface area contributed by atoms with E-state index >= 15 is 0 Å². The lowest BCUT2D eigenvalue weighted by Gasteiger charge is -2.29. The number of benzene rings is 11. The standard InChI is InChI=1S/C62H41NS/c1-2-15-45(16-3-1)56-37-34-49(48-31-30-42-14-4-5-18-46(42)38-48)41-60(56)63(53-23-11-22-51(40-53)57-27-13-28-59-58-25-8-9-29-61(58)64-62(57)59)52-35-32-43(33-36-52)47-20-10-21-50(39-47)55-26-12-19-44-17-6-7-24-54(44)55/h1-41H. The summed E-state index contributed by atoms with van der Waals surface area (Å²) in [6, 6.07) is 91.1. The Bertz CT molecular complexity index is 3670. The molecule has 0 fully saturated rings. The fraction of sp³-hybridized carbons (Fsp3) is 0. The van der Waals surface area contributed by atoms with Gasteiger partial charge in [-0.25, -0.2) is 0 Å². The van der Waals surface area contributed by atoms with Gasteiger partial charge >= 0.3 is 0 Å². The molecule has 1 heterocycles. The topological polar surface area (TPSA) is 3.24 Å². The summed E-state index contributed by atoms with van der Waals surface area (Å²) in [5, 5.41) is 7.59. The van der Waals surface area contributed by atoms with Crippen molar-refractivity contribution in [3.63, 3.8) is 0 Å². The SMILES string of the molecule is c1ccc(-c2ccc(-c3ccc4ccccc4c3)cc2N(c2ccc(-c3cccc(-c4cccc5ccccc45)c3)cc2)c2cccc(-c3cccc4c3sc3ccccc34)c2)cc1. The molecule has 0 aliphatic carbocycles. The molecular weight excluding hydrogens is 791 g/mol. The molecule has 0 N–H and O–H groups in total. The lowest BCUT2D eigenvalue weighted by Crippen LogP contribution is -2.11. The van der Waals surface area contributed by atoms with Crippen LogP contribution in [0.15, 0.2) is 249 Å². The van der Waals surface area contributed by atoms with Crippen LogP contribution in [0.3, 0.4) is 0 Å². The Morgan fingerprint density at radius 3 is 1.72 bits per heavy atom. The molecule has 12 rings (SSSR count). The molecule has 0 aliphatic heterocycles. The zero-order valence-corrected chi connectivity index (χ0v) is 35.8. The molecule has 0 radical (unpaired) electrons. The number of hydrogen-bond donors (Lipinski definition) is 0. The lowest BCUT2D eigenvalue weighted by molar-refractivity contribution is 1.28. The van der Waals surface area contributed by atoms with Crippen molar-refractivity contribution in [3.8, 4) is 55.6 Å². The van der Waals surface area contributed by atoms with Gasteiger partial charge in [-0.15, -0.1) is 11.3 Å². The largest absolute Gasteiger partial charge is 0.310 e. The molecule has 1 aromatic heterocycles. The molecule has 0 spiro atoms. The molecule has 0 unspecified atom stereocenters. The van der Waals surface area contributed by atoms with E-state index in [1.165, 1.54) is 91.8 Å². The third-order valence-corrected chi connectivity index (χ3v) is 13.9. The highest BCUT2D eigenvalue weighted by Gasteiger charge is 2.21. The first-order chi connectivity index (χ1) is 31.7. The van der Waals surface area contributed by atoms with E-state index < -0.39 is 0 Å². The van der Waals surface area contributed by atoms with Crippen LogP contribution in [0.5, 0.6) is 0 Å². The second-order valence-electron chi connectivity index (χ2n) is 16.5. The van der Waals surface area contributed by atoms with Crippen LogP contribution in [0.2, 0.25) is 0 Å². The summed E-state index contributed by atoms with van der Waals surface area (Å²) in [5.41, 5.74) is 15.2. The van der Waals surface area contributed by atoms with Crippen molar-refractivity contribution in [2.45, 2.75) is 0 Å². The van der Waals surface area contributed by atoms with Gasteiger partial charge in [-0.2, -0.15) is 0 Å². The van der Waals surface area contributed by atoms with Gasteiger partial charge in [0.15, 0.2) is 0 Å². The number of nitrogens with zero attached hydrogens (tertiary/aromatic N) is 1. The van der Waals surface area contributed by atoms with Gasteiger partial charge in [0.2, 0.25) is 0 Å².